The second-order valence-corrected chi connectivity index (χ2v) is 7.30. The van der Waals surface area contributed by atoms with Crippen LogP contribution >= 0.6 is 0 Å². The molecule has 1 aliphatic heterocycles. The summed E-state index contributed by atoms with van der Waals surface area (Å²) < 4.78 is 11.8. The Kier molecular flexibility index (Phi) is 4.61. The molecule has 0 aliphatic carbocycles. The van der Waals surface area contributed by atoms with Crippen LogP contribution < -0.4 is 0 Å². The van der Waals surface area contributed by atoms with Gasteiger partial charge in [-0.15, -0.1) is 0 Å². The first-order chi connectivity index (χ1) is 14.2. The van der Waals surface area contributed by atoms with Crippen molar-refractivity contribution >= 4 is 21.8 Å². The zero-order chi connectivity index (χ0) is 20.0. The fraction of sp³-hybridized carbons (Fsp3) is 0.273. The first kappa shape index (κ1) is 18.4. The third-order valence-electron chi connectivity index (χ3n) is 5.58. The van der Waals surface area contributed by atoms with Crippen molar-refractivity contribution in [2.75, 3.05) is 6.61 Å². The quantitative estimate of drug-likeness (QED) is 0.356. The number of rotatable bonds is 5. The molecule has 7 heteroatoms. The van der Waals surface area contributed by atoms with Crippen molar-refractivity contribution in [2.24, 2.45) is 0 Å². The first-order valence-corrected chi connectivity index (χ1v) is 9.57. The van der Waals surface area contributed by atoms with Gasteiger partial charge in [0.2, 0.25) is 0 Å². The van der Waals surface area contributed by atoms with Gasteiger partial charge in [0.1, 0.15) is 24.4 Å². The second-order valence-electron chi connectivity index (χ2n) is 7.30. The zero-order valence-corrected chi connectivity index (χ0v) is 15.5. The van der Waals surface area contributed by atoms with Crippen molar-refractivity contribution in [3.63, 3.8) is 0 Å². The maximum absolute atomic E-state index is 10.4. The molecule has 29 heavy (non-hydrogen) atoms. The van der Waals surface area contributed by atoms with E-state index in [0.717, 1.165) is 32.9 Å². The van der Waals surface area contributed by atoms with Gasteiger partial charge in [0.25, 0.3) is 0 Å². The smallest absolute Gasteiger partial charge is 0.187 e. The molecule has 5 N–H and O–H groups in total. The molecule has 0 unspecified atom stereocenters. The lowest BCUT2D eigenvalue weighted by Gasteiger charge is -2.23. The third kappa shape index (κ3) is 3.04. The molecule has 2 aromatic carbocycles. The lowest BCUT2D eigenvalue weighted by atomic mass is 10.00. The first-order valence-electron chi connectivity index (χ1n) is 9.57. The molecule has 1 aliphatic rings. The van der Waals surface area contributed by atoms with Gasteiger partial charge in [-0.05, 0) is 12.1 Å². The molecule has 5 rings (SSSR count). The Hall–Kier alpha value is -2.68. The van der Waals surface area contributed by atoms with Crippen LogP contribution in [0.4, 0.5) is 0 Å². The Bertz CT molecular complexity index is 1060. The van der Waals surface area contributed by atoms with E-state index in [2.05, 4.69) is 9.97 Å². The Labute approximate surface area is 166 Å². The fourth-order valence-corrected chi connectivity index (χ4v) is 4.05. The van der Waals surface area contributed by atoms with E-state index < -0.39 is 37.3 Å². The molecule has 0 amide bonds. The highest BCUT2D eigenvalue weighted by Gasteiger charge is 2.44. The van der Waals surface area contributed by atoms with Gasteiger partial charge in [-0.25, -0.2) is 0 Å². The lowest BCUT2D eigenvalue weighted by molar-refractivity contribution is -0.187. The number of aliphatic hydroxyl groups excluding tert-OH is 3. The van der Waals surface area contributed by atoms with E-state index in [1.807, 2.05) is 60.9 Å². The summed E-state index contributed by atoms with van der Waals surface area (Å²) in [5.41, 5.74) is 3.72. The molecule has 2 aromatic heterocycles. The molecule has 1 saturated heterocycles. The zero-order valence-electron chi connectivity index (χ0n) is 15.5. The second kappa shape index (κ2) is 7.29. The number of aromatic nitrogens is 2. The number of nitrogens with one attached hydrogen (secondary N) is 2. The van der Waals surface area contributed by atoms with Gasteiger partial charge >= 0.3 is 0 Å². The van der Waals surface area contributed by atoms with Crippen molar-refractivity contribution in [3.05, 3.63) is 72.1 Å². The number of aromatic amines is 2. The van der Waals surface area contributed by atoms with Crippen LogP contribution in [0.15, 0.2) is 60.9 Å². The van der Waals surface area contributed by atoms with E-state index in [4.69, 9.17) is 9.47 Å². The molecule has 4 aromatic rings. The minimum atomic E-state index is -1.26. The van der Waals surface area contributed by atoms with E-state index in [1.165, 1.54) is 0 Å². The van der Waals surface area contributed by atoms with Crippen molar-refractivity contribution in [1.29, 1.82) is 0 Å². The van der Waals surface area contributed by atoms with Crippen molar-refractivity contribution in [3.8, 4) is 0 Å². The van der Waals surface area contributed by atoms with Crippen LogP contribution in [0.5, 0.6) is 0 Å². The van der Waals surface area contributed by atoms with Gasteiger partial charge < -0.3 is 34.8 Å². The molecular formula is C22H22N2O5. The SMILES string of the molecule is OC[C@H]1O[C@@H](OC(c2c[nH]c3ccccc23)c2c[nH]c3ccccc23)[C@H](O)[C@@H]1O. The van der Waals surface area contributed by atoms with Gasteiger partial charge in [0.15, 0.2) is 6.29 Å². The number of para-hydroxylation sites is 2. The number of fused-ring (bicyclic) bond motifs is 2. The van der Waals surface area contributed by atoms with Crippen LogP contribution in [-0.2, 0) is 9.47 Å². The summed E-state index contributed by atoms with van der Waals surface area (Å²) in [6, 6.07) is 15.8. The number of hydrogen-bond acceptors (Lipinski definition) is 5. The molecular weight excluding hydrogens is 372 g/mol. The summed E-state index contributed by atoms with van der Waals surface area (Å²) in [6.07, 6.45) is -1.22. The van der Waals surface area contributed by atoms with Crippen LogP contribution in [-0.4, -0.2) is 56.5 Å². The fourth-order valence-electron chi connectivity index (χ4n) is 4.05. The molecule has 0 bridgehead atoms. The average molecular weight is 394 g/mol. The highest BCUT2D eigenvalue weighted by molar-refractivity contribution is 5.87. The molecule has 150 valence electrons. The van der Waals surface area contributed by atoms with Crippen molar-refractivity contribution < 1.29 is 24.8 Å². The van der Waals surface area contributed by atoms with Crippen LogP contribution in [0.3, 0.4) is 0 Å². The molecule has 0 saturated carbocycles. The van der Waals surface area contributed by atoms with E-state index in [-0.39, 0.29) is 0 Å². The number of aliphatic hydroxyl groups is 3. The largest absolute Gasteiger partial charge is 0.394 e. The maximum atomic E-state index is 10.4. The summed E-state index contributed by atoms with van der Waals surface area (Å²) in [6.45, 7) is -0.400. The summed E-state index contributed by atoms with van der Waals surface area (Å²) in [5, 5.41) is 31.9. The molecule has 0 spiro atoms. The van der Waals surface area contributed by atoms with Crippen LogP contribution in [0.2, 0.25) is 0 Å². The average Bonchev–Trinajstić information content (AvgIpc) is 3.44. The van der Waals surface area contributed by atoms with Crippen LogP contribution in [0.25, 0.3) is 21.8 Å². The highest BCUT2D eigenvalue weighted by Crippen LogP contribution is 2.38. The highest BCUT2D eigenvalue weighted by atomic mass is 16.7. The Morgan fingerprint density at radius 3 is 1.93 bits per heavy atom. The van der Waals surface area contributed by atoms with Gasteiger partial charge in [0.05, 0.1) is 6.61 Å². The van der Waals surface area contributed by atoms with Gasteiger partial charge in [-0.3, -0.25) is 0 Å². The van der Waals surface area contributed by atoms with Crippen LogP contribution in [0, 0.1) is 0 Å². The van der Waals surface area contributed by atoms with E-state index in [0.29, 0.717) is 0 Å². The monoisotopic (exact) mass is 394 g/mol. The molecule has 1 fully saturated rings. The maximum Gasteiger partial charge on any atom is 0.187 e. The Balaban J connectivity index is 1.60. The summed E-state index contributed by atoms with van der Waals surface area (Å²) >= 11 is 0. The minimum Gasteiger partial charge on any atom is -0.394 e. The topological polar surface area (TPSA) is 111 Å². The van der Waals surface area contributed by atoms with E-state index in [1.54, 1.807) is 0 Å². The van der Waals surface area contributed by atoms with E-state index in [9.17, 15) is 15.3 Å². The van der Waals surface area contributed by atoms with Crippen LogP contribution in [0.1, 0.15) is 17.2 Å². The Morgan fingerprint density at radius 1 is 0.862 bits per heavy atom. The predicted molar refractivity (Wildman–Crippen MR) is 107 cm³/mol. The standard InChI is InChI=1S/C22H22N2O5/c25-11-18-19(26)20(27)22(28-18)29-21(14-9-23-16-7-3-1-5-12(14)16)15-10-24-17-8-4-2-6-13(15)17/h1-10,18-27H,11H2/t18-,19-,20-,22+/m1/s1. The summed E-state index contributed by atoms with van der Waals surface area (Å²) in [7, 11) is 0. The summed E-state index contributed by atoms with van der Waals surface area (Å²) in [4.78, 5) is 6.52. The number of H-pyrrole nitrogens is 2. The van der Waals surface area contributed by atoms with Crippen molar-refractivity contribution in [2.45, 2.75) is 30.7 Å². The molecule has 3 heterocycles. The lowest BCUT2D eigenvalue weighted by Crippen LogP contribution is -2.35. The molecule has 4 atom stereocenters. The summed E-state index contributed by atoms with van der Waals surface area (Å²) in [5.74, 6) is 0. The number of hydrogen-bond donors (Lipinski definition) is 5. The predicted octanol–water partition coefficient (Wildman–Crippen LogP) is 2.19. The van der Waals surface area contributed by atoms with Gasteiger partial charge in [-0.1, -0.05) is 36.4 Å². The Morgan fingerprint density at radius 2 is 1.41 bits per heavy atom. The molecule has 0 radical (unpaired) electrons. The third-order valence-corrected chi connectivity index (χ3v) is 5.58. The normalized spacial score (nSPS) is 24.8. The number of benzene rings is 2. The van der Waals surface area contributed by atoms with E-state index >= 15 is 0 Å². The minimum absolute atomic E-state index is 0.400. The van der Waals surface area contributed by atoms with Crippen molar-refractivity contribution in [1.82, 2.24) is 9.97 Å². The van der Waals surface area contributed by atoms with Gasteiger partial charge in [-0.2, -0.15) is 0 Å². The number of ether oxygens (including phenoxy) is 2. The molecule has 7 nitrogen and oxygen atoms in total. The van der Waals surface area contributed by atoms with Gasteiger partial charge in [0, 0.05) is 45.3 Å².